The van der Waals surface area contributed by atoms with Gasteiger partial charge in [-0.15, -0.1) is 0 Å². The van der Waals surface area contributed by atoms with Crippen LogP contribution in [0.5, 0.6) is 0 Å². The summed E-state index contributed by atoms with van der Waals surface area (Å²) in [6.07, 6.45) is 4.54. The quantitative estimate of drug-likeness (QED) is 0.100. The van der Waals surface area contributed by atoms with E-state index in [-0.39, 0.29) is 23.7 Å². The van der Waals surface area contributed by atoms with E-state index in [4.69, 9.17) is 0 Å². The Labute approximate surface area is 471 Å². The van der Waals surface area contributed by atoms with Gasteiger partial charge in [0.2, 0.25) is 6.67 Å². The first kappa shape index (κ1) is 52.6. The zero-order chi connectivity index (χ0) is 54.9. The molecule has 0 N–H and O–H groups in total. The van der Waals surface area contributed by atoms with Gasteiger partial charge in [-0.25, -0.2) is 0 Å². The van der Waals surface area contributed by atoms with Crippen molar-refractivity contribution in [3.05, 3.63) is 360 Å². The summed E-state index contributed by atoms with van der Waals surface area (Å²) in [6.45, 7) is 26.2. The molecule has 11 rings (SSSR count). The van der Waals surface area contributed by atoms with Gasteiger partial charge in [-0.05, 0) is 136 Å². The lowest BCUT2D eigenvalue weighted by atomic mass is 9.77. The van der Waals surface area contributed by atoms with Gasteiger partial charge in [0, 0.05) is 36.1 Å². The van der Waals surface area contributed by atoms with E-state index in [1.807, 2.05) is 0 Å². The normalized spacial score (nSPS) is 12.5. The Morgan fingerprint density at radius 3 is 0.519 bits per heavy atom. The van der Waals surface area contributed by atoms with Crippen molar-refractivity contribution in [2.24, 2.45) is 0 Å². The van der Waals surface area contributed by atoms with E-state index in [2.05, 4.69) is 316 Å². The van der Waals surface area contributed by atoms with Crippen LogP contribution in [-0.4, -0.2) is 0 Å². The molecule has 0 atom stereocenters. The molecule has 1 heterocycles. The van der Waals surface area contributed by atoms with E-state index < -0.39 is 0 Å². The number of hydrogen-bond acceptors (Lipinski definition) is 2. The van der Waals surface area contributed by atoms with Crippen LogP contribution in [0.1, 0.15) is 146 Å². The third kappa shape index (κ3) is 11.2. The summed E-state index contributed by atoms with van der Waals surface area (Å²) in [4.78, 5) is 4.67. The van der Waals surface area contributed by atoms with Crippen LogP contribution in [0, 0.1) is 75.9 Å². The van der Waals surface area contributed by atoms with E-state index in [1.165, 1.54) is 122 Å². The van der Waals surface area contributed by atoms with Crippen molar-refractivity contribution in [2.45, 2.75) is 92.9 Å². The lowest BCUT2D eigenvalue weighted by Crippen LogP contribution is -2.25. The SMILES string of the molecule is Cc1ccc(C(c2ccc(C)cc2)c2cc(C)cc(C(c3ccc(C)cc3)c3ccc(C)cc3)c2N2[C]N(c3c(C(c4ccc(C)cc4)c4ccc(C)cc4)cc(C)cc3C(c3ccc(C)cc3)c3ccc(C)cc3)C=C2)cc1. The van der Waals surface area contributed by atoms with Crippen molar-refractivity contribution in [3.8, 4) is 0 Å². The second-order valence-corrected chi connectivity index (χ2v) is 22.7. The first-order chi connectivity index (χ1) is 38.2. The minimum absolute atomic E-state index is 0.0961. The highest BCUT2D eigenvalue weighted by molar-refractivity contribution is 5.78. The molecule has 0 saturated heterocycles. The summed E-state index contributed by atoms with van der Waals surface area (Å²) in [6, 6.07) is 83.4. The van der Waals surface area contributed by atoms with Gasteiger partial charge in [0.15, 0.2) is 0 Å². The molecule has 1 aliphatic heterocycles. The minimum Gasteiger partial charge on any atom is -0.314 e. The number of aryl methyl sites for hydroxylation is 10. The highest BCUT2D eigenvalue weighted by Gasteiger charge is 2.36. The van der Waals surface area contributed by atoms with Gasteiger partial charge >= 0.3 is 0 Å². The lowest BCUT2D eigenvalue weighted by molar-refractivity contribution is 0.903. The second-order valence-electron chi connectivity index (χ2n) is 22.7. The topological polar surface area (TPSA) is 6.48 Å². The Morgan fingerprint density at radius 2 is 0.367 bits per heavy atom. The first-order valence-electron chi connectivity index (χ1n) is 28.1. The van der Waals surface area contributed by atoms with Crippen LogP contribution >= 0.6 is 0 Å². The highest BCUT2D eigenvalue weighted by Crippen LogP contribution is 2.51. The molecule has 0 spiro atoms. The highest BCUT2D eigenvalue weighted by atomic mass is 15.3. The Kier molecular flexibility index (Phi) is 15.0. The predicted molar refractivity (Wildman–Crippen MR) is 333 cm³/mol. The molecule has 0 saturated carbocycles. The summed E-state index contributed by atoms with van der Waals surface area (Å²) in [5.74, 6) is -0.384. The standard InChI is InChI=1S/C77H72N2/c1-50-11-27-60(28-12-50)72(61-29-13-51(2)14-30-61)68-45-58(9)46-69(73(62-31-15-52(3)16-32-62)63-33-17-53(4)18-34-63)76(68)78-43-44-79(49-78)77-70(74(64-35-19-54(5)20-36-64)65-37-21-55(6)22-38-65)47-59(10)48-71(77)75(66-39-23-56(7)24-40-66)67-41-25-57(8)26-42-67/h11-48,72-75H,1-10H3. The average molecular weight is 1030 g/mol. The van der Waals surface area contributed by atoms with Crippen molar-refractivity contribution in [3.63, 3.8) is 0 Å². The van der Waals surface area contributed by atoms with Gasteiger partial charge in [-0.2, -0.15) is 0 Å². The van der Waals surface area contributed by atoms with Crippen molar-refractivity contribution >= 4 is 11.4 Å². The van der Waals surface area contributed by atoms with Crippen LogP contribution in [0.25, 0.3) is 0 Å². The van der Waals surface area contributed by atoms with Gasteiger partial charge in [-0.3, -0.25) is 0 Å². The number of nitrogens with zero attached hydrogens (tertiary/aromatic N) is 2. The van der Waals surface area contributed by atoms with Crippen molar-refractivity contribution in [2.75, 3.05) is 9.80 Å². The van der Waals surface area contributed by atoms with Crippen LogP contribution in [0.15, 0.2) is 231 Å². The van der Waals surface area contributed by atoms with Crippen molar-refractivity contribution in [1.29, 1.82) is 0 Å². The number of benzene rings is 10. The maximum absolute atomic E-state index is 4.18. The summed E-state index contributed by atoms with van der Waals surface area (Å²) in [5.41, 5.74) is 29.5. The Hall–Kier alpha value is -8.46. The molecule has 0 fully saturated rings. The van der Waals surface area contributed by atoms with Crippen LogP contribution in [0.2, 0.25) is 0 Å². The van der Waals surface area contributed by atoms with Gasteiger partial charge in [0.1, 0.15) is 0 Å². The molecule has 79 heavy (non-hydrogen) atoms. The molecule has 390 valence electrons. The second kappa shape index (κ2) is 22.5. The maximum Gasteiger partial charge on any atom is 0.217 e. The molecule has 0 aromatic heterocycles. The fourth-order valence-electron chi connectivity index (χ4n) is 12.0. The number of hydrogen-bond donors (Lipinski definition) is 0. The lowest BCUT2D eigenvalue weighted by Gasteiger charge is -2.34. The molecule has 2 heteroatoms. The van der Waals surface area contributed by atoms with Gasteiger partial charge in [-0.1, -0.05) is 274 Å². The first-order valence-corrected chi connectivity index (χ1v) is 28.1. The molecule has 0 bridgehead atoms. The number of rotatable bonds is 14. The zero-order valence-corrected chi connectivity index (χ0v) is 47.6. The molecule has 10 aromatic rings. The van der Waals surface area contributed by atoms with Crippen molar-refractivity contribution < 1.29 is 0 Å². The van der Waals surface area contributed by atoms with E-state index in [0.29, 0.717) is 0 Å². The monoisotopic (exact) mass is 1020 g/mol. The fourth-order valence-corrected chi connectivity index (χ4v) is 12.0. The zero-order valence-electron chi connectivity index (χ0n) is 47.6. The molecule has 0 amide bonds. The predicted octanol–water partition coefficient (Wildman–Crippen LogP) is 19.3. The van der Waals surface area contributed by atoms with E-state index >= 15 is 0 Å². The molecule has 10 aromatic carbocycles. The van der Waals surface area contributed by atoms with E-state index in [0.717, 1.165) is 11.4 Å². The summed E-state index contributed by atoms with van der Waals surface area (Å²) in [5, 5.41) is 0. The Morgan fingerprint density at radius 1 is 0.215 bits per heavy atom. The van der Waals surface area contributed by atoms with E-state index in [9.17, 15) is 0 Å². The smallest absolute Gasteiger partial charge is 0.217 e. The van der Waals surface area contributed by atoms with Crippen molar-refractivity contribution in [1.82, 2.24) is 0 Å². The molecular weight excluding hydrogens is 953 g/mol. The molecule has 0 unspecified atom stereocenters. The molecular formula is C77H72N2. The van der Waals surface area contributed by atoms with E-state index in [1.54, 1.807) is 0 Å². The van der Waals surface area contributed by atoms with Crippen LogP contribution in [0.4, 0.5) is 11.4 Å². The van der Waals surface area contributed by atoms with Gasteiger partial charge in [0.25, 0.3) is 0 Å². The van der Waals surface area contributed by atoms with Gasteiger partial charge in [0.05, 0.1) is 11.4 Å². The summed E-state index contributed by atoms with van der Waals surface area (Å²) >= 11 is 0. The number of anilines is 2. The molecule has 2 nitrogen and oxygen atoms in total. The third-order valence-electron chi connectivity index (χ3n) is 16.2. The van der Waals surface area contributed by atoms with Crippen LogP contribution in [0.3, 0.4) is 0 Å². The maximum atomic E-state index is 4.18. The van der Waals surface area contributed by atoms with Crippen LogP contribution < -0.4 is 9.80 Å². The Bertz CT molecular complexity index is 3090. The molecule has 1 aliphatic rings. The fraction of sp³-hybridized carbons (Fsp3) is 0.182. The largest absolute Gasteiger partial charge is 0.314 e. The molecule has 0 aliphatic carbocycles. The van der Waals surface area contributed by atoms with Gasteiger partial charge < -0.3 is 9.80 Å². The molecule has 2 radical (unpaired) electrons. The minimum atomic E-state index is -0.0961. The van der Waals surface area contributed by atoms with Crippen LogP contribution in [-0.2, 0) is 0 Å². The third-order valence-corrected chi connectivity index (χ3v) is 16.2. The Balaban J connectivity index is 1.19. The summed E-state index contributed by atoms with van der Waals surface area (Å²) < 4.78 is 0. The average Bonchev–Trinajstić information content (AvgIpc) is 3.99. The summed E-state index contributed by atoms with van der Waals surface area (Å²) in [7, 11) is 0.